The molecule has 3 heterocycles. The lowest BCUT2D eigenvalue weighted by Crippen LogP contribution is -2.41. The van der Waals surface area contributed by atoms with Crippen molar-refractivity contribution in [2.24, 2.45) is 5.41 Å². The van der Waals surface area contributed by atoms with E-state index in [9.17, 15) is 0 Å². The van der Waals surface area contributed by atoms with Crippen molar-refractivity contribution < 1.29 is 0 Å². The predicted molar refractivity (Wildman–Crippen MR) is 104 cm³/mol. The molecule has 1 fully saturated rings. The third kappa shape index (κ3) is 2.60. The van der Waals surface area contributed by atoms with Crippen LogP contribution in [0.5, 0.6) is 0 Å². The van der Waals surface area contributed by atoms with E-state index in [4.69, 9.17) is 0 Å². The Morgan fingerprint density at radius 2 is 2.00 bits per heavy atom. The van der Waals surface area contributed by atoms with Crippen molar-refractivity contribution in [2.45, 2.75) is 32.7 Å². The Bertz CT molecular complexity index is 1100. The smallest absolute Gasteiger partial charge is 0.241 e. The maximum Gasteiger partial charge on any atom is 0.241 e. The number of pyridine rings is 1. The highest BCUT2D eigenvalue weighted by Gasteiger charge is 2.36. The van der Waals surface area contributed by atoms with Gasteiger partial charge in [0.1, 0.15) is 0 Å². The van der Waals surface area contributed by atoms with Gasteiger partial charge in [-0.05, 0) is 48.1 Å². The van der Waals surface area contributed by atoms with Gasteiger partial charge in [0, 0.05) is 29.4 Å². The van der Waals surface area contributed by atoms with E-state index in [0.717, 1.165) is 40.4 Å². The van der Waals surface area contributed by atoms with Crippen LogP contribution in [-0.4, -0.2) is 25.6 Å². The van der Waals surface area contributed by atoms with E-state index < -0.39 is 0 Å². The molecule has 0 amide bonds. The molecule has 0 unspecified atom stereocenters. The fourth-order valence-corrected chi connectivity index (χ4v) is 4.01. The van der Waals surface area contributed by atoms with Gasteiger partial charge in [0.05, 0.1) is 17.2 Å². The second kappa shape index (κ2) is 5.53. The molecule has 130 valence electrons. The largest absolute Gasteiger partial charge is 0.350 e. The molecule has 4 aromatic rings. The summed E-state index contributed by atoms with van der Waals surface area (Å²) in [6.07, 6.45) is 8.05. The van der Waals surface area contributed by atoms with Crippen molar-refractivity contribution in [3.05, 3.63) is 55.0 Å². The zero-order valence-corrected chi connectivity index (χ0v) is 15.0. The third-order valence-corrected chi connectivity index (χ3v) is 5.26. The molecule has 0 radical (unpaired) electrons. The van der Waals surface area contributed by atoms with E-state index in [-0.39, 0.29) is 0 Å². The first-order chi connectivity index (χ1) is 12.6. The van der Waals surface area contributed by atoms with Crippen LogP contribution in [0.2, 0.25) is 0 Å². The Morgan fingerprint density at radius 3 is 2.85 bits per heavy atom. The van der Waals surface area contributed by atoms with Gasteiger partial charge in [0.25, 0.3) is 0 Å². The summed E-state index contributed by atoms with van der Waals surface area (Å²) in [4.78, 5) is 8.93. The summed E-state index contributed by atoms with van der Waals surface area (Å²) in [5.41, 5.74) is 4.73. The van der Waals surface area contributed by atoms with Crippen LogP contribution in [0.3, 0.4) is 0 Å². The molecule has 1 aromatic carbocycles. The van der Waals surface area contributed by atoms with Crippen molar-refractivity contribution in [3.8, 4) is 11.1 Å². The van der Waals surface area contributed by atoms with Crippen LogP contribution in [0, 0.1) is 5.41 Å². The van der Waals surface area contributed by atoms with Crippen molar-refractivity contribution in [3.63, 3.8) is 0 Å². The summed E-state index contributed by atoms with van der Waals surface area (Å²) in [5.74, 6) is 0.697. The molecule has 5 rings (SSSR count). The molecule has 0 spiro atoms. The molecular weight excluding hydrogens is 322 g/mol. The molecule has 1 aliphatic carbocycles. The average Bonchev–Trinajstić information content (AvgIpc) is 3.03. The van der Waals surface area contributed by atoms with Crippen LogP contribution in [0.1, 0.15) is 26.7 Å². The van der Waals surface area contributed by atoms with Gasteiger partial charge in [-0.25, -0.2) is 9.50 Å². The number of nitrogens with zero attached hydrogens (tertiary/aromatic N) is 4. The first-order valence-electron chi connectivity index (χ1n) is 9.04. The SMILES string of the molecule is CC1(C)CC(Nc2ncc3c(-c4ccc5ncccc5c4)ccn3n2)C1. The summed E-state index contributed by atoms with van der Waals surface area (Å²) >= 11 is 0. The Hall–Kier alpha value is -2.95. The molecule has 0 aliphatic heterocycles. The predicted octanol–water partition coefficient (Wildman–Crippen LogP) is 4.55. The summed E-state index contributed by atoms with van der Waals surface area (Å²) in [6.45, 7) is 4.60. The lowest BCUT2D eigenvalue weighted by molar-refractivity contribution is 0.167. The molecule has 1 aliphatic rings. The molecule has 3 aromatic heterocycles. The number of aromatic nitrogens is 4. The maximum atomic E-state index is 4.64. The highest BCUT2D eigenvalue weighted by molar-refractivity contribution is 5.88. The minimum Gasteiger partial charge on any atom is -0.350 e. The van der Waals surface area contributed by atoms with Gasteiger partial charge in [0.15, 0.2) is 0 Å². The van der Waals surface area contributed by atoms with Crippen molar-refractivity contribution in [2.75, 3.05) is 5.32 Å². The van der Waals surface area contributed by atoms with Crippen LogP contribution in [0.4, 0.5) is 5.95 Å². The normalized spacial score (nSPS) is 16.7. The number of rotatable bonds is 3. The topological polar surface area (TPSA) is 55.1 Å². The minimum absolute atomic E-state index is 0.438. The van der Waals surface area contributed by atoms with E-state index >= 15 is 0 Å². The standard InChI is InChI=1S/C21H21N5/c1-21(2)11-16(12-21)24-20-23-13-19-17(7-9-26(19)25-20)14-5-6-18-15(10-14)4-3-8-22-18/h3-10,13,16H,11-12H2,1-2H3,(H,24,25). The Labute approximate surface area is 152 Å². The molecule has 1 saturated carbocycles. The number of nitrogens with one attached hydrogen (secondary N) is 1. The van der Waals surface area contributed by atoms with Crippen LogP contribution in [0.25, 0.3) is 27.5 Å². The number of hydrogen-bond donors (Lipinski definition) is 1. The highest BCUT2D eigenvalue weighted by atomic mass is 15.3. The summed E-state index contributed by atoms with van der Waals surface area (Å²) in [7, 11) is 0. The second-order valence-corrected chi connectivity index (χ2v) is 7.97. The molecule has 5 nitrogen and oxygen atoms in total. The first-order valence-corrected chi connectivity index (χ1v) is 9.04. The maximum absolute atomic E-state index is 4.64. The van der Waals surface area contributed by atoms with Gasteiger partial charge in [-0.15, -0.1) is 5.10 Å². The molecule has 0 saturated heterocycles. The van der Waals surface area contributed by atoms with E-state index in [1.807, 2.05) is 29.2 Å². The van der Waals surface area contributed by atoms with Gasteiger partial charge in [-0.1, -0.05) is 26.0 Å². The zero-order valence-electron chi connectivity index (χ0n) is 15.0. The lowest BCUT2D eigenvalue weighted by atomic mass is 9.68. The molecule has 5 heteroatoms. The van der Waals surface area contributed by atoms with Crippen LogP contribution in [0.15, 0.2) is 55.0 Å². The number of anilines is 1. The number of hydrogen-bond acceptors (Lipinski definition) is 4. The van der Waals surface area contributed by atoms with Gasteiger partial charge < -0.3 is 5.32 Å². The van der Waals surface area contributed by atoms with E-state index in [1.54, 1.807) is 0 Å². The quantitative estimate of drug-likeness (QED) is 0.593. The molecule has 0 atom stereocenters. The van der Waals surface area contributed by atoms with Gasteiger partial charge >= 0.3 is 0 Å². The van der Waals surface area contributed by atoms with Crippen LogP contribution in [-0.2, 0) is 0 Å². The van der Waals surface area contributed by atoms with Gasteiger partial charge in [0.2, 0.25) is 5.95 Å². The van der Waals surface area contributed by atoms with E-state index in [2.05, 4.69) is 64.6 Å². The van der Waals surface area contributed by atoms with Crippen LogP contribution >= 0.6 is 0 Å². The highest BCUT2D eigenvalue weighted by Crippen LogP contribution is 2.41. The van der Waals surface area contributed by atoms with Gasteiger partial charge in [-0.2, -0.15) is 0 Å². The molecule has 1 N–H and O–H groups in total. The van der Waals surface area contributed by atoms with E-state index in [1.165, 1.54) is 0 Å². The monoisotopic (exact) mass is 343 g/mol. The first kappa shape index (κ1) is 15.3. The van der Waals surface area contributed by atoms with Crippen molar-refractivity contribution in [1.29, 1.82) is 0 Å². The van der Waals surface area contributed by atoms with E-state index in [0.29, 0.717) is 17.4 Å². The van der Waals surface area contributed by atoms with Crippen LogP contribution < -0.4 is 5.32 Å². The zero-order chi connectivity index (χ0) is 17.7. The summed E-state index contributed by atoms with van der Waals surface area (Å²) < 4.78 is 1.90. The number of fused-ring (bicyclic) bond motifs is 2. The Balaban J connectivity index is 1.47. The van der Waals surface area contributed by atoms with Gasteiger partial charge in [-0.3, -0.25) is 4.98 Å². The fourth-order valence-electron chi connectivity index (χ4n) is 4.01. The molecule has 0 bridgehead atoms. The average molecular weight is 343 g/mol. The number of benzene rings is 1. The summed E-state index contributed by atoms with van der Waals surface area (Å²) in [5, 5.41) is 9.22. The third-order valence-electron chi connectivity index (χ3n) is 5.26. The minimum atomic E-state index is 0.438. The fraction of sp³-hybridized carbons (Fsp3) is 0.286. The van der Waals surface area contributed by atoms with Crippen molar-refractivity contribution >= 4 is 22.4 Å². The Kier molecular flexibility index (Phi) is 3.26. The second-order valence-electron chi connectivity index (χ2n) is 7.97. The Morgan fingerprint density at radius 1 is 1.12 bits per heavy atom. The lowest BCUT2D eigenvalue weighted by Gasteiger charge is -2.42. The molecular formula is C21H21N5. The van der Waals surface area contributed by atoms with Crippen molar-refractivity contribution in [1.82, 2.24) is 19.6 Å². The summed E-state index contributed by atoms with van der Waals surface area (Å²) in [6, 6.07) is 13.0. The molecule has 26 heavy (non-hydrogen) atoms.